The summed E-state index contributed by atoms with van der Waals surface area (Å²) in [5.41, 5.74) is 0.592. The lowest BCUT2D eigenvalue weighted by atomic mass is 10.1. The van der Waals surface area contributed by atoms with Crippen LogP contribution in [0.15, 0.2) is 22.7 Å². The van der Waals surface area contributed by atoms with E-state index in [0.29, 0.717) is 31.1 Å². The van der Waals surface area contributed by atoms with Gasteiger partial charge in [0.2, 0.25) is 0 Å². The predicted octanol–water partition coefficient (Wildman–Crippen LogP) is 2.32. The van der Waals surface area contributed by atoms with Gasteiger partial charge in [0.1, 0.15) is 5.75 Å². The molecule has 1 amide bonds. The molecule has 1 heterocycles. The number of amides is 1. The second-order valence-electron chi connectivity index (χ2n) is 4.27. The number of halogens is 1. The van der Waals surface area contributed by atoms with E-state index >= 15 is 0 Å². The summed E-state index contributed by atoms with van der Waals surface area (Å²) in [4.78, 5) is 14.3. The molecule has 1 saturated heterocycles. The van der Waals surface area contributed by atoms with Gasteiger partial charge in [-0.3, -0.25) is 4.79 Å². The van der Waals surface area contributed by atoms with Gasteiger partial charge in [-0.05, 0) is 25.1 Å². The fourth-order valence-electron chi connectivity index (χ4n) is 2.03. The van der Waals surface area contributed by atoms with Crippen LogP contribution in [0.3, 0.4) is 0 Å². The predicted molar refractivity (Wildman–Crippen MR) is 72.0 cm³/mol. The van der Waals surface area contributed by atoms with Gasteiger partial charge >= 0.3 is 0 Å². The van der Waals surface area contributed by atoms with Crippen LogP contribution in [0.4, 0.5) is 0 Å². The van der Waals surface area contributed by atoms with Crippen LogP contribution in [0.1, 0.15) is 17.3 Å². The lowest BCUT2D eigenvalue weighted by Crippen LogP contribution is -2.47. The summed E-state index contributed by atoms with van der Waals surface area (Å²) in [6.45, 7) is 3.79. The van der Waals surface area contributed by atoms with E-state index in [0.717, 1.165) is 4.47 Å². The monoisotopic (exact) mass is 313 g/mol. The minimum atomic E-state index is -0.00449. The molecule has 5 heteroatoms. The van der Waals surface area contributed by atoms with Crippen molar-refractivity contribution in [2.45, 2.75) is 13.0 Å². The topological polar surface area (TPSA) is 38.8 Å². The number of hydrogen-bond acceptors (Lipinski definition) is 3. The quantitative estimate of drug-likeness (QED) is 0.841. The number of carbonyl (C=O) groups excluding carboxylic acids is 1. The average molecular weight is 314 g/mol. The van der Waals surface area contributed by atoms with E-state index in [9.17, 15) is 4.79 Å². The van der Waals surface area contributed by atoms with Crippen molar-refractivity contribution in [3.05, 3.63) is 28.2 Å². The van der Waals surface area contributed by atoms with E-state index in [2.05, 4.69) is 15.9 Å². The average Bonchev–Trinajstić information content (AvgIpc) is 2.38. The Kier molecular flexibility index (Phi) is 4.24. The van der Waals surface area contributed by atoms with Crippen molar-refractivity contribution in [2.75, 3.05) is 26.9 Å². The second-order valence-corrected chi connectivity index (χ2v) is 5.18. The highest BCUT2D eigenvalue weighted by molar-refractivity contribution is 9.10. The number of carbonyl (C=O) groups is 1. The lowest BCUT2D eigenvalue weighted by molar-refractivity contribution is 0.00344. The van der Waals surface area contributed by atoms with Crippen molar-refractivity contribution < 1.29 is 14.3 Å². The third kappa shape index (κ3) is 2.67. The highest BCUT2D eigenvalue weighted by Crippen LogP contribution is 2.25. The Balaban J connectivity index is 2.27. The molecule has 0 bridgehead atoms. The number of ether oxygens (including phenoxy) is 2. The summed E-state index contributed by atoms with van der Waals surface area (Å²) < 4.78 is 11.5. The zero-order valence-electron chi connectivity index (χ0n) is 10.5. The van der Waals surface area contributed by atoms with Gasteiger partial charge in [-0.1, -0.05) is 15.9 Å². The number of rotatable bonds is 2. The molecule has 1 aromatic carbocycles. The fourth-order valence-corrected chi connectivity index (χ4v) is 2.37. The summed E-state index contributed by atoms with van der Waals surface area (Å²) in [6, 6.07) is 5.53. The van der Waals surface area contributed by atoms with Crippen LogP contribution >= 0.6 is 15.9 Å². The lowest BCUT2D eigenvalue weighted by Gasteiger charge is -2.33. The van der Waals surface area contributed by atoms with Gasteiger partial charge in [0, 0.05) is 11.0 Å². The van der Waals surface area contributed by atoms with Crippen LogP contribution in [-0.4, -0.2) is 43.7 Å². The Morgan fingerprint density at radius 2 is 2.33 bits per heavy atom. The fraction of sp³-hybridized carbons (Fsp3) is 0.462. The molecule has 0 aliphatic carbocycles. The summed E-state index contributed by atoms with van der Waals surface area (Å²) in [7, 11) is 1.57. The third-order valence-electron chi connectivity index (χ3n) is 3.02. The molecule has 1 aromatic rings. The third-order valence-corrected chi connectivity index (χ3v) is 3.52. The Labute approximate surface area is 115 Å². The first kappa shape index (κ1) is 13.4. The van der Waals surface area contributed by atoms with Gasteiger partial charge in [0.15, 0.2) is 0 Å². The molecule has 1 aliphatic heterocycles. The molecule has 4 nitrogen and oxygen atoms in total. The van der Waals surface area contributed by atoms with E-state index in [-0.39, 0.29) is 11.9 Å². The molecule has 1 unspecified atom stereocenters. The zero-order valence-corrected chi connectivity index (χ0v) is 12.1. The van der Waals surface area contributed by atoms with Crippen LogP contribution in [-0.2, 0) is 4.74 Å². The highest BCUT2D eigenvalue weighted by atomic mass is 79.9. The maximum Gasteiger partial charge on any atom is 0.258 e. The van der Waals surface area contributed by atoms with Crippen molar-refractivity contribution in [1.82, 2.24) is 4.90 Å². The summed E-state index contributed by atoms with van der Waals surface area (Å²) in [6.07, 6.45) is 0. The Bertz CT molecular complexity index is 450. The van der Waals surface area contributed by atoms with Crippen molar-refractivity contribution in [1.29, 1.82) is 0 Å². The molecule has 0 saturated carbocycles. The van der Waals surface area contributed by atoms with Crippen LogP contribution < -0.4 is 4.74 Å². The molecule has 98 valence electrons. The van der Waals surface area contributed by atoms with Gasteiger partial charge in [0.05, 0.1) is 31.9 Å². The number of methoxy groups -OCH3 is 1. The first-order valence-electron chi connectivity index (χ1n) is 5.85. The van der Waals surface area contributed by atoms with E-state index in [1.165, 1.54) is 0 Å². The van der Waals surface area contributed by atoms with Gasteiger partial charge in [0.25, 0.3) is 5.91 Å². The summed E-state index contributed by atoms with van der Waals surface area (Å²) in [5.74, 6) is 0.586. The van der Waals surface area contributed by atoms with Crippen LogP contribution in [0.5, 0.6) is 5.75 Å². The molecule has 0 aromatic heterocycles. The van der Waals surface area contributed by atoms with Gasteiger partial charge in [-0.15, -0.1) is 0 Å². The number of nitrogens with zero attached hydrogens (tertiary/aromatic N) is 1. The largest absolute Gasteiger partial charge is 0.496 e. The maximum atomic E-state index is 12.5. The molecular formula is C13H16BrNO3. The van der Waals surface area contributed by atoms with E-state index in [1.807, 2.05) is 17.9 Å². The van der Waals surface area contributed by atoms with E-state index in [4.69, 9.17) is 9.47 Å². The minimum Gasteiger partial charge on any atom is -0.496 e. The number of benzene rings is 1. The molecule has 1 fully saturated rings. The Morgan fingerprint density at radius 1 is 1.56 bits per heavy atom. The normalized spacial score (nSPS) is 19.7. The van der Waals surface area contributed by atoms with Gasteiger partial charge < -0.3 is 14.4 Å². The molecule has 0 N–H and O–H groups in total. The van der Waals surface area contributed by atoms with Crippen molar-refractivity contribution in [3.8, 4) is 5.75 Å². The zero-order chi connectivity index (χ0) is 13.1. The van der Waals surface area contributed by atoms with Gasteiger partial charge in [-0.25, -0.2) is 0 Å². The molecule has 2 rings (SSSR count). The van der Waals surface area contributed by atoms with Crippen LogP contribution in [0.2, 0.25) is 0 Å². The van der Waals surface area contributed by atoms with E-state index in [1.54, 1.807) is 19.2 Å². The number of morpholine rings is 1. The Morgan fingerprint density at radius 3 is 3.00 bits per heavy atom. The van der Waals surface area contributed by atoms with Crippen LogP contribution in [0, 0.1) is 0 Å². The summed E-state index contributed by atoms with van der Waals surface area (Å²) >= 11 is 3.37. The first-order valence-corrected chi connectivity index (χ1v) is 6.65. The minimum absolute atomic E-state index is 0.00449. The summed E-state index contributed by atoms with van der Waals surface area (Å²) in [5, 5.41) is 0. The highest BCUT2D eigenvalue weighted by Gasteiger charge is 2.26. The molecule has 0 radical (unpaired) electrons. The molecule has 1 aliphatic rings. The van der Waals surface area contributed by atoms with Crippen molar-refractivity contribution >= 4 is 21.8 Å². The van der Waals surface area contributed by atoms with Crippen molar-refractivity contribution in [3.63, 3.8) is 0 Å². The molecule has 0 spiro atoms. The molecule has 1 atom stereocenters. The Hall–Kier alpha value is -1.07. The molecular weight excluding hydrogens is 298 g/mol. The number of hydrogen-bond donors (Lipinski definition) is 0. The first-order chi connectivity index (χ1) is 8.63. The SMILES string of the molecule is COc1cc(Br)ccc1C(=O)N1CCOCC1C. The maximum absolute atomic E-state index is 12.5. The van der Waals surface area contributed by atoms with Crippen LogP contribution in [0.25, 0.3) is 0 Å². The second kappa shape index (κ2) is 5.71. The van der Waals surface area contributed by atoms with E-state index < -0.39 is 0 Å². The standard InChI is InChI=1S/C13H16BrNO3/c1-9-8-18-6-5-15(9)13(16)11-4-3-10(14)7-12(11)17-2/h3-4,7,9H,5-6,8H2,1-2H3. The smallest absolute Gasteiger partial charge is 0.258 e. The van der Waals surface area contributed by atoms with Crippen molar-refractivity contribution in [2.24, 2.45) is 0 Å². The molecule has 18 heavy (non-hydrogen) atoms. The van der Waals surface area contributed by atoms with Gasteiger partial charge in [-0.2, -0.15) is 0 Å².